The van der Waals surface area contributed by atoms with Crippen molar-refractivity contribution in [3.8, 4) is 0 Å². The highest BCUT2D eigenvalue weighted by Gasteiger charge is 2.52. The molecule has 2 fully saturated rings. The van der Waals surface area contributed by atoms with Crippen LogP contribution in [0.1, 0.15) is 26.2 Å². The summed E-state index contributed by atoms with van der Waals surface area (Å²) in [7, 11) is 0. The number of hydrogen-bond acceptors (Lipinski definition) is 6. The Balaban J connectivity index is 1.72. The van der Waals surface area contributed by atoms with E-state index in [0.717, 1.165) is 31.1 Å². The van der Waals surface area contributed by atoms with Gasteiger partial charge in [0.1, 0.15) is 11.7 Å². The summed E-state index contributed by atoms with van der Waals surface area (Å²) in [6.07, 6.45) is 2.94. The maximum absolute atomic E-state index is 10.4. The molecule has 0 unspecified atom stereocenters. The Morgan fingerprint density at radius 3 is 2.79 bits per heavy atom. The van der Waals surface area contributed by atoms with Gasteiger partial charge in [0.15, 0.2) is 5.13 Å². The smallest absolute Gasteiger partial charge is 0.185 e. The van der Waals surface area contributed by atoms with Gasteiger partial charge in [0.05, 0.1) is 12.2 Å². The number of thiazole rings is 1. The number of anilines is 1. The van der Waals surface area contributed by atoms with Crippen LogP contribution >= 0.6 is 11.3 Å². The van der Waals surface area contributed by atoms with Crippen LogP contribution in [-0.2, 0) is 4.74 Å². The molecule has 0 bridgehead atoms. The normalized spacial score (nSPS) is 34.7. The van der Waals surface area contributed by atoms with Gasteiger partial charge in [0.2, 0.25) is 0 Å². The summed E-state index contributed by atoms with van der Waals surface area (Å²) in [5.74, 6) is 0. The number of hydrogen-bond donors (Lipinski definition) is 2. The summed E-state index contributed by atoms with van der Waals surface area (Å²) in [6, 6.07) is 0. The molecule has 5 nitrogen and oxygen atoms in total. The number of aliphatic hydroxyl groups excluding tert-OH is 1. The van der Waals surface area contributed by atoms with Crippen molar-refractivity contribution in [2.24, 2.45) is 0 Å². The van der Waals surface area contributed by atoms with Crippen molar-refractivity contribution in [2.45, 2.75) is 43.5 Å². The lowest BCUT2D eigenvalue weighted by molar-refractivity contribution is -0.239. The van der Waals surface area contributed by atoms with Crippen molar-refractivity contribution in [1.29, 1.82) is 0 Å². The first-order valence-electron chi connectivity index (χ1n) is 6.72. The molecule has 1 aromatic heterocycles. The largest absolute Gasteiger partial charge is 0.387 e. The van der Waals surface area contributed by atoms with Crippen LogP contribution in [-0.4, -0.2) is 52.2 Å². The fourth-order valence-electron chi connectivity index (χ4n) is 3.11. The topological polar surface area (TPSA) is 65.8 Å². The lowest BCUT2D eigenvalue weighted by atomic mass is 9.75. The zero-order valence-electron chi connectivity index (χ0n) is 11.1. The molecule has 3 heterocycles. The minimum atomic E-state index is -1.04. The molecule has 6 heteroatoms. The van der Waals surface area contributed by atoms with Crippen molar-refractivity contribution in [2.75, 3.05) is 24.6 Å². The Kier molecular flexibility index (Phi) is 3.29. The maximum Gasteiger partial charge on any atom is 0.185 e. The molecule has 2 N–H and O–H groups in total. The molecule has 2 aliphatic rings. The quantitative estimate of drug-likeness (QED) is 0.806. The summed E-state index contributed by atoms with van der Waals surface area (Å²) >= 11 is 1.63. The van der Waals surface area contributed by atoms with E-state index in [1.165, 1.54) is 0 Å². The van der Waals surface area contributed by atoms with Gasteiger partial charge >= 0.3 is 0 Å². The van der Waals surface area contributed by atoms with Crippen molar-refractivity contribution < 1.29 is 14.9 Å². The fourth-order valence-corrected chi connectivity index (χ4v) is 3.81. The third kappa shape index (κ3) is 2.27. The lowest BCUT2D eigenvalue weighted by Gasteiger charge is -2.51. The molecule has 2 saturated heterocycles. The van der Waals surface area contributed by atoms with E-state index in [9.17, 15) is 10.2 Å². The minimum Gasteiger partial charge on any atom is -0.387 e. The molecule has 2 aliphatic heterocycles. The SMILES string of the molecule is C[C@@]1(O)CCOC2(CCN(c3nccs3)CC2)[C@H]1O. The molecule has 0 aliphatic carbocycles. The van der Waals surface area contributed by atoms with Crippen LogP contribution in [0.25, 0.3) is 0 Å². The minimum absolute atomic E-state index is 0.492. The number of ether oxygens (including phenoxy) is 1. The molecule has 0 radical (unpaired) electrons. The Morgan fingerprint density at radius 1 is 1.42 bits per heavy atom. The van der Waals surface area contributed by atoms with Crippen molar-refractivity contribution in [1.82, 2.24) is 4.98 Å². The Labute approximate surface area is 116 Å². The third-order valence-electron chi connectivity index (χ3n) is 4.38. The second-order valence-electron chi connectivity index (χ2n) is 5.72. The third-order valence-corrected chi connectivity index (χ3v) is 5.22. The Hall–Kier alpha value is -0.690. The molecule has 2 atom stereocenters. The predicted octanol–water partition coefficient (Wildman–Crippen LogP) is 1.01. The van der Waals surface area contributed by atoms with Crippen LogP contribution < -0.4 is 4.90 Å². The second kappa shape index (κ2) is 4.70. The molecule has 0 saturated carbocycles. The molecule has 3 rings (SSSR count). The second-order valence-corrected chi connectivity index (χ2v) is 6.60. The molecule has 0 aromatic carbocycles. The van der Waals surface area contributed by atoms with Crippen molar-refractivity contribution in [3.63, 3.8) is 0 Å². The molecule has 0 amide bonds. The van der Waals surface area contributed by atoms with Crippen molar-refractivity contribution in [3.05, 3.63) is 11.6 Å². The van der Waals surface area contributed by atoms with Gasteiger partial charge in [-0.05, 0) is 19.8 Å². The maximum atomic E-state index is 10.4. The van der Waals surface area contributed by atoms with Crippen LogP contribution in [0.15, 0.2) is 11.6 Å². The van der Waals surface area contributed by atoms with Gasteiger partial charge in [0, 0.05) is 31.1 Å². The summed E-state index contributed by atoms with van der Waals surface area (Å²) in [5, 5.41) is 23.7. The monoisotopic (exact) mass is 284 g/mol. The van der Waals surface area contributed by atoms with E-state index in [1.807, 2.05) is 5.38 Å². The highest BCUT2D eigenvalue weighted by molar-refractivity contribution is 7.13. The zero-order valence-corrected chi connectivity index (χ0v) is 11.9. The van der Waals surface area contributed by atoms with Gasteiger partial charge in [0.25, 0.3) is 0 Å². The van der Waals surface area contributed by atoms with Gasteiger partial charge in [-0.2, -0.15) is 0 Å². The standard InChI is InChI=1S/C13H20N2O3S/c1-12(17)4-8-18-13(10(12)16)2-6-15(7-3-13)11-14-5-9-19-11/h5,9-10,16-17H,2-4,6-8H2,1H3/t10-,12+/m0/s1. The first-order valence-corrected chi connectivity index (χ1v) is 7.60. The van der Waals surface area contributed by atoms with E-state index in [0.29, 0.717) is 13.0 Å². The molecular formula is C13H20N2O3S. The number of aromatic nitrogens is 1. The van der Waals surface area contributed by atoms with E-state index in [-0.39, 0.29) is 0 Å². The predicted molar refractivity (Wildman–Crippen MR) is 73.5 cm³/mol. The number of rotatable bonds is 1. The molecule has 19 heavy (non-hydrogen) atoms. The van der Waals surface area contributed by atoms with E-state index >= 15 is 0 Å². The van der Waals surface area contributed by atoms with E-state index in [2.05, 4.69) is 9.88 Å². The van der Waals surface area contributed by atoms with Gasteiger partial charge < -0.3 is 19.8 Å². The first-order chi connectivity index (χ1) is 9.04. The van der Waals surface area contributed by atoms with Gasteiger partial charge in [-0.1, -0.05) is 0 Å². The number of aliphatic hydroxyl groups is 2. The highest BCUT2D eigenvalue weighted by Crippen LogP contribution is 2.40. The Bertz CT molecular complexity index is 427. The first kappa shape index (κ1) is 13.3. The fraction of sp³-hybridized carbons (Fsp3) is 0.769. The summed E-state index contributed by atoms with van der Waals surface area (Å²) in [5.41, 5.74) is -1.63. The van der Waals surface area contributed by atoms with Gasteiger partial charge in [-0.3, -0.25) is 0 Å². The van der Waals surface area contributed by atoms with Crippen LogP contribution in [0.2, 0.25) is 0 Å². The summed E-state index contributed by atoms with van der Waals surface area (Å²) in [6.45, 7) is 3.83. The number of piperidine rings is 1. The van der Waals surface area contributed by atoms with Crippen LogP contribution in [0.5, 0.6) is 0 Å². The molecular weight excluding hydrogens is 264 g/mol. The van der Waals surface area contributed by atoms with Crippen LogP contribution in [0.4, 0.5) is 5.13 Å². The molecule has 106 valence electrons. The highest BCUT2D eigenvalue weighted by atomic mass is 32.1. The van der Waals surface area contributed by atoms with E-state index < -0.39 is 17.3 Å². The van der Waals surface area contributed by atoms with E-state index in [4.69, 9.17) is 4.74 Å². The summed E-state index contributed by atoms with van der Waals surface area (Å²) < 4.78 is 5.87. The Morgan fingerprint density at radius 2 is 2.16 bits per heavy atom. The molecule has 1 aromatic rings. The average molecular weight is 284 g/mol. The number of nitrogens with zero attached hydrogens (tertiary/aromatic N) is 2. The van der Waals surface area contributed by atoms with Crippen LogP contribution in [0.3, 0.4) is 0 Å². The summed E-state index contributed by atoms with van der Waals surface area (Å²) in [4.78, 5) is 6.53. The van der Waals surface area contributed by atoms with Crippen molar-refractivity contribution >= 4 is 16.5 Å². The van der Waals surface area contributed by atoms with Gasteiger partial charge in [-0.25, -0.2) is 4.98 Å². The van der Waals surface area contributed by atoms with E-state index in [1.54, 1.807) is 24.5 Å². The average Bonchev–Trinajstić information content (AvgIpc) is 2.91. The van der Waals surface area contributed by atoms with Crippen LogP contribution in [0, 0.1) is 0 Å². The lowest BCUT2D eigenvalue weighted by Crippen LogP contribution is -2.64. The molecule has 1 spiro atoms. The zero-order chi connectivity index (χ0) is 13.5. The van der Waals surface area contributed by atoms with Gasteiger partial charge in [-0.15, -0.1) is 11.3 Å².